The van der Waals surface area contributed by atoms with Crippen LogP contribution in [0.4, 0.5) is 5.69 Å². The summed E-state index contributed by atoms with van der Waals surface area (Å²) in [5.41, 5.74) is 5.35. The summed E-state index contributed by atoms with van der Waals surface area (Å²) in [7, 11) is -3.21. The second-order valence-electron chi connectivity index (χ2n) is 6.89. The SMILES string of the molecule is C[C@@H](CNc1ccc(S(C)(=O)=O)cc1)NC(=O)CCC(C)(C)C(N)=O. The average Bonchev–Trinajstić information content (AvgIpc) is 2.50. The van der Waals surface area contributed by atoms with Crippen LogP contribution in [0.1, 0.15) is 33.6 Å². The molecular weight excluding hydrogens is 342 g/mol. The normalized spacial score (nSPS) is 13.1. The number of nitrogens with one attached hydrogen (secondary N) is 2. The van der Waals surface area contributed by atoms with Gasteiger partial charge in [0.2, 0.25) is 11.8 Å². The van der Waals surface area contributed by atoms with Gasteiger partial charge in [-0.2, -0.15) is 0 Å². The summed E-state index contributed by atoms with van der Waals surface area (Å²) in [6.45, 7) is 5.78. The van der Waals surface area contributed by atoms with E-state index in [1.807, 2.05) is 6.92 Å². The van der Waals surface area contributed by atoms with Crippen LogP contribution in [0.2, 0.25) is 0 Å². The fraction of sp³-hybridized carbons (Fsp3) is 0.529. The Hall–Kier alpha value is -2.09. The molecule has 0 spiro atoms. The van der Waals surface area contributed by atoms with E-state index in [1.165, 1.54) is 12.1 Å². The zero-order valence-electron chi connectivity index (χ0n) is 15.1. The van der Waals surface area contributed by atoms with Gasteiger partial charge in [-0.25, -0.2) is 8.42 Å². The Balaban J connectivity index is 2.43. The maximum Gasteiger partial charge on any atom is 0.223 e. The molecule has 0 saturated carbocycles. The van der Waals surface area contributed by atoms with Crippen molar-refractivity contribution in [3.05, 3.63) is 24.3 Å². The van der Waals surface area contributed by atoms with Gasteiger partial charge in [0.05, 0.1) is 4.90 Å². The highest BCUT2D eigenvalue weighted by Crippen LogP contribution is 2.21. The lowest BCUT2D eigenvalue weighted by molar-refractivity contribution is -0.127. The molecule has 7 nitrogen and oxygen atoms in total. The summed E-state index contributed by atoms with van der Waals surface area (Å²) in [5.74, 6) is -0.566. The molecule has 4 N–H and O–H groups in total. The Kier molecular flexibility index (Phi) is 6.98. The molecule has 1 aromatic rings. The highest BCUT2D eigenvalue weighted by atomic mass is 32.2. The first kappa shape index (κ1) is 21.0. The lowest BCUT2D eigenvalue weighted by atomic mass is 9.87. The number of hydrogen-bond donors (Lipinski definition) is 3. The fourth-order valence-electron chi connectivity index (χ4n) is 2.04. The third-order valence-corrected chi connectivity index (χ3v) is 5.07. The monoisotopic (exact) mass is 369 g/mol. The van der Waals surface area contributed by atoms with Crippen molar-refractivity contribution >= 4 is 27.3 Å². The maximum atomic E-state index is 11.9. The summed E-state index contributed by atoms with van der Waals surface area (Å²) in [4.78, 5) is 23.4. The largest absolute Gasteiger partial charge is 0.383 e. The molecule has 0 fully saturated rings. The molecule has 2 amide bonds. The Morgan fingerprint density at radius 1 is 1.20 bits per heavy atom. The molecule has 0 aliphatic carbocycles. The standard InChI is InChI=1S/C17H27N3O4S/c1-12(20-15(21)9-10-17(2,3)16(18)22)11-19-13-5-7-14(8-6-13)25(4,23)24/h5-8,12,19H,9-11H2,1-4H3,(H2,18,22)(H,20,21)/t12-/m0/s1. The molecule has 0 aliphatic heterocycles. The summed E-state index contributed by atoms with van der Waals surface area (Å²) < 4.78 is 22.8. The van der Waals surface area contributed by atoms with E-state index in [4.69, 9.17) is 5.73 Å². The smallest absolute Gasteiger partial charge is 0.223 e. The number of amides is 2. The Bertz CT molecular complexity index is 712. The second-order valence-corrected chi connectivity index (χ2v) is 8.91. The summed E-state index contributed by atoms with van der Waals surface area (Å²) in [5, 5.41) is 5.98. The van der Waals surface area contributed by atoms with E-state index in [0.717, 1.165) is 11.9 Å². The zero-order chi connectivity index (χ0) is 19.3. The van der Waals surface area contributed by atoms with Crippen LogP contribution in [0.3, 0.4) is 0 Å². The van der Waals surface area contributed by atoms with Gasteiger partial charge in [0.15, 0.2) is 9.84 Å². The molecule has 1 atom stereocenters. The molecule has 8 heteroatoms. The minimum atomic E-state index is -3.21. The second kappa shape index (κ2) is 8.33. The van der Waals surface area contributed by atoms with Gasteiger partial charge in [-0.15, -0.1) is 0 Å². The first-order valence-corrected chi connectivity index (χ1v) is 9.94. The van der Waals surface area contributed by atoms with E-state index in [0.29, 0.717) is 13.0 Å². The molecular formula is C17H27N3O4S. The highest BCUT2D eigenvalue weighted by molar-refractivity contribution is 7.90. The molecule has 0 saturated heterocycles. The van der Waals surface area contributed by atoms with Gasteiger partial charge >= 0.3 is 0 Å². The number of nitrogens with two attached hydrogens (primary N) is 1. The van der Waals surface area contributed by atoms with Crippen molar-refractivity contribution < 1.29 is 18.0 Å². The molecule has 0 heterocycles. The van der Waals surface area contributed by atoms with Crippen molar-refractivity contribution in [1.29, 1.82) is 0 Å². The molecule has 25 heavy (non-hydrogen) atoms. The van der Waals surface area contributed by atoms with Gasteiger partial charge < -0.3 is 16.4 Å². The lowest BCUT2D eigenvalue weighted by Crippen LogP contribution is -2.39. The van der Waals surface area contributed by atoms with E-state index < -0.39 is 21.2 Å². The van der Waals surface area contributed by atoms with Gasteiger partial charge in [-0.05, 0) is 37.6 Å². The number of anilines is 1. The van der Waals surface area contributed by atoms with Gasteiger partial charge in [0.1, 0.15) is 0 Å². The van der Waals surface area contributed by atoms with Crippen molar-refractivity contribution in [1.82, 2.24) is 5.32 Å². The van der Waals surface area contributed by atoms with Crippen LogP contribution >= 0.6 is 0 Å². The van der Waals surface area contributed by atoms with Crippen molar-refractivity contribution in [2.24, 2.45) is 11.1 Å². The number of rotatable bonds is 9. The first-order chi connectivity index (χ1) is 11.4. The third kappa shape index (κ3) is 7.13. The maximum absolute atomic E-state index is 11.9. The Morgan fingerprint density at radius 2 is 1.76 bits per heavy atom. The number of primary amides is 1. The predicted molar refractivity (Wildman–Crippen MR) is 97.9 cm³/mol. The minimum absolute atomic E-state index is 0.126. The molecule has 0 aliphatic rings. The van der Waals surface area contributed by atoms with Gasteiger partial charge in [0.25, 0.3) is 0 Å². The quantitative estimate of drug-likeness (QED) is 0.606. The first-order valence-electron chi connectivity index (χ1n) is 8.05. The van der Waals surface area contributed by atoms with Gasteiger partial charge in [-0.1, -0.05) is 13.8 Å². The summed E-state index contributed by atoms with van der Waals surface area (Å²) in [6.07, 6.45) is 1.77. The van der Waals surface area contributed by atoms with E-state index in [2.05, 4.69) is 10.6 Å². The molecule has 0 radical (unpaired) electrons. The van der Waals surface area contributed by atoms with Crippen LogP contribution in [0.15, 0.2) is 29.2 Å². The van der Waals surface area contributed by atoms with Crippen molar-refractivity contribution in [2.45, 2.75) is 44.6 Å². The molecule has 140 valence electrons. The number of hydrogen-bond acceptors (Lipinski definition) is 5. The Labute approximate surface area is 149 Å². The van der Waals surface area contributed by atoms with E-state index in [1.54, 1.807) is 26.0 Å². The van der Waals surface area contributed by atoms with E-state index >= 15 is 0 Å². The summed E-state index contributed by atoms with van der Waals surface area (Å²) in [6, 6.07) is 6.30. The van der Waals surface area contributed by atoms with Crippen molar-refractivity contribution in [3.63, 3.8) is 0 Å². The molecule has 0 unspecified atom stereocenters. The van der Waals surface area contributed by atoms with Crippen molar-refractivity contribution in [2.75, 3.05) is 18.1 Å². The van der Waals surface area contributed by atoms with Crippen LogP contribution in [0.5, 0.6) is 0 Å². The van der Waals surface area contributed by atoms with Crippen LogP contribution in [-0.2, 0) is 19.4 Å². The van der Waals surface area contributed by atoms with Crippen molar-refractivity contribution in [3.8, 4) is 0 Å². The van der Waals surface area contributed by atoms with E-state index in [-0.39, 0.29) is 23.3 Å². The number of benzene rings is 1. The molecule has 1 aromatic carbocycles. The minimum Gasteiger partial charge on any atom is -0.383 e. The molecule has 0 aromatic heterocycles. The van der Waals surface area contributed by atoms with Crippen LogP contribution < -0.4 is 16.4 Å². The highest BCUT2D eigenvalue weighted by Gasteiger charge is 2.25. The molecule has 1 rings (SSSR count). The van der Waals surface area contributed by atoms with Crippen LogP contribution in [0, 0.1) is 5.41 Å². The topological polar surface area (TPSA) is 118 Å². The summed E-state index contributed by atoms with van der Waals surface area (Å²) >= 11 is 0. The third-order valence-electron chi connectivity index (χ3n) is 3.95. The van der Waals surface area contributed by atoms with Gasteiger partial charge in [-0.3, -0.25) is 9.59 Å². The van der Waals surface area contributed by atoms with E-state index in [9.17, 15) is 18.0 Å². The van der Waals surface area contributed by atoms with Gasteiger partial charge in [0, 0.05) is 36.4 Å². The zero-order valence-corrected chi connectivity index (χ0v) is 15.9. The predicted octanol–water partition coefficient (Wildman–Crippen LogP) is 1.30. The van der Waals surface area contributed by atoms with Crippen LogP contribution in [0.25, 0.3) is 0 Å². The Morgan fingerprint density at radius 3 is 2.24 bits per heavy atom. The average molecular weight is 369 g/mol. The number of carbonyl (C=O) groups is 2. The molecule has 0 bridgehead atoms. The number of carbonyl (C=O) groups excluding carboxylic acids is 2. The number of sulfone groups is 1. The van der Waals surface area contributed by atoms with Crippen LogP contribution in [-0.4, -0.2) is 39.1 Å². The fourth-order valence-corrected chi connectivity index (χ4v) is 2.67. The lowest BCUT2D eigenvalue weighted by Gasteiger charge is -2.21.